The quantitative estimate of drug-likeness (QED) is 0.660. The van der Waals surface area contributed by atoms with Crippen LogP contribution < -0.4 is 5.32 Å². The molecular weight excluding hydrogens is 182 g/mol. The van der Waals surface area contributed by atoms with E-state index in [9.17, 15) is 4.79 Å². The summed E-state index contributed by atoms with van der Waals surface area (Å²) < 4.78 is 9.81. The molecule has 4 nitrogen and oxygen atoms in total. The fourth-order valence-corrected chi connectivity index (χ4v) is 1.41. The maximum absolute atomic E-state index is 11.5. The standard InChI is InChI=1S/C10H19NO3/c1-4-7(2)9(10(12)13-3)11-8-5-14-6-8/h7-9,11H,4-6H2,1-3H3. The lowest BCUT2D eigenvalue weighted by Crippen LogP contribution is -2.55. The normalized spacial score (nSPS) is 21.1. The van der Waals surface area contributed by atoms with Gasteiger partial charge in [-0.15, -0.1) is 0 Å². The SMILES string of the molecule is CCC(C)C(NC1COC1)C(=O)OC. The van der Waals surface area contributed by atoms with Gasteiger partial charge in [0.1, 0.15) is 6.04 Å². The van der Waals surface area contributed by atoms with Gasteiger partial charge in [0.05, 0.1) is 26.4 Å². The van der Waals surface area contributed by atoms with Crippen molar-refractivity contribution < 1.29 is 14.3 Å². The highest BCUT2D eigenvalue weighted by molar-refractivity contribution is 5.76. The summed E-state index contributed by atoms with van der Waals surface area (Å²) in [5, 5.41) is 3.26. The molecule has 1 fully saturated rings. The zero-order valence-corrected chi connectivity index (χ0v) is 9.08. The third-order valence-electron chi connectivity index (χ3n) is 2.72. The van der Waals surface area contributed by atoms with Gasteiger partial charge in [-0.05, 0) is 5.92 Å². The van der Waals surface area contributed by atoms with Crippen LogP contribution in [0.1, 0.15) is 20.3 Å². The molecule has 0 amide bonds. The molecule has 0 bridgehead atoms. The Hall–Kier alpha value is -0.610. The van der Waals surface area contributed by atoms with Crippen molar-refractivity contribution in [3.63, 3.8) is 0 Å². The van der Waals surface area contributed by atoms with E-state index in [2.05, 4.69) is 12.2 Å². The van der Waals surface area contributed by atoms with E-state index in [0.717, 1.165) is 6.42 Å². The molecule has 1 N–H and O–H groups in total. The molecule has 14 heavy (non-hydrogen) atoms. The van der Waals surface area contributed by atoms with Crippen LogP contribution in [0.5, 0.6) is 0 Å². The van der Waals surface area contributed by atoms with Gasteiger partial charge >= 0.3 is 5.97 Å². The molecular formula is C10H19NO3. The number of carbonyl (C=O) groups is 1. The summed E-state index contributed by atoms with van der Waals surface area (Å²) in [5.74, 6) is 0.120. The second-order valence-electron chi connectivity index (χ2n) is 3.79. The first-order chi connectivity index (χ1) is 6.69. The predicted octanol–water partition coefficient (Wildman–Crippen LogP) is 0.562. The monoisotopic (exact) mass is 201 g/mol. The number of hydrogen-bond donors (Lipinski definition) is 1. The first kappa shape index (κ1) is 11.5. The topological polar surface area (TPSA) is 47.6 Å². The van der Waals surface area contributed by atoms with Crippen LogP contribution in [0.4, 0.5) is 0 Å². The maximum Gasteiger partial charge on any atom is 0.323 e. The zero-order chi connectivity index (χ0) is 10.6. The summed E-state index contributed by atoms with van der Waals surface area (Å²) in [4.78, 5) is 11.5. The summed E-state index contributed by atoms with van der Waals surface area (Å²) in [5.41, 5.74) is 0. The molecule has 0 spiro atoms. The van der Waals surface area contributed by atoms with Crippen LogP contribution in [0.25, 0.3) is 0 Å². The summed E-state index contributed by atoms with van der Waals surface area (Å²) >= 11 is 0. The Bertz CT molecular complexity index is 192. The van der Waals surface area contributed by atoms with E-state index < -0.39 is 0 Å². The molecule has 4 heteroatoms. The Morgan fingerprint density at radius 3 is 2.64 bits per heavy atom. The van der Waals surface area contributed by atoms with Crippen LogP contribution in [0.3, 0.4) is 0 Å². The Kier molecular flexibility index (Phi) is 4.35. The van der Waals surface area contributed by atoms with E-state index in [1.54, 1.807) is 0 Å². The second kappa shape index (κ2) is 5.32. The van der Waals surface area contributed by atoms with Crippen molar-refractivity contribution in [2.24, 2.45) is 5.92 Å². The summed E-state index contributed by atoms with van der Waals surface area (Å²) in [6.07, 6.45) is 0.959. The van der Waals surface area contributed by atoms with Crippen molar-refractivity contribution in [3.8, 4) is 0 Å². The summed E-state index contributed by atoms with van der Waals surface area (Å²) in [6, 6.07) is 0.118. The van der Waals surface area contributed by atoms with E-state index in [4.69, 9.17) is 9.47 Å². The van der Waals surface area contributed by atoms with E-state index in [1.165, 1.54) is 7.11 Å². The van der Waals surface area contributed by atoms with Crippen LogP contribution in [-0.2, 0) is 14.3 Å². The van der Waals surface area contributed by atoms with Gasteiger partial charge in [0.2, 0.25) is 0 Å². The van der Waals surface area contributed by atoms with Gasteiger partial charge in [0.25, 0.3) is 0 Å². The molecule has 82 valence electrons. The summed E-state index contributed by atoms with van der Waals surface area (Å²) in [7, 11) is 1.43. The Labute approximate surface area is 85.0 Å². The smallest absolute Gasteiger partial charge is 0.323 e. The van der Waals surface area contributed by atoms with Crippen molar-refractivity contribution in [1.82, 2.24) is 5.32 Å². The summed E-state index contributed by atoms with van der Waals surface area (Å²) in [6.45, 7) is 5.52. The van der Waals surface area contributed by atoms with E-state index in [1.807, 2.05) is 6.92 Å². The second-order valence-corrected chi connectivity index (χ2v) is 3.79. The number of nitrogens with one attached hydrogen (secondary N) is 1. The van der Waals surface area contributed by atoms with Crippen LogP contribution in [-0.4, -0.2) is 38.4 Å². The number of methoxy groups -OCH3 is 1. The van der Waals surface area contributed by atoms with Gasteiger partial charge in [-0.1, -0.05) is 20.3 Å². The molecule has 1 heterocycles. The molecule has 0 radical (unpaired) electrons. The van der Waals surface area contributed by atoms with Crippen LogP contribution in [0.2, 0.25) is 0 Å². The number of ether oxygens (including phenoxy) is 2. The molecule has 1 aliphatic heterocycles. The van der Waals surface area contributed by atoms with Crippen molar-refractivity contribution >= 4 is 5.97 Å². The van der Waals surface area contributed by atoms with Crippen molar-refractivity contribution in [2.75, 3.05) is 20.3 Å². The van der Waals surface area contributed by atoms with Crippen molar-refractivity contribution in [2.45, 2.75) is 32.4 Å². The van der Waals surface area contributed by atoms with Gasteiger partial charge in [-0.3, -0.25) is 10.1 Å². The third-order valence-corrected chi connectivity index (χ3v) is 2.72. The fraction of sp³-hybridized carbons (Fsp3) is 0.900. The molecule has 0 aromatic carbocycles. The van der Waals surface area contributed by atoms with Gasteiger partial charge in [-0.2, -0.15) is 0 Å². The third kappa shape index (κ3) is 2.69. The highest BCUT2D eigenvalue weighted by Gasteiger charge is 2.30. The van der Waals surface area contributed by atoms with Crippen LogP contribution >= 0.6 is 0 Å². The van der Waals surface area contributed by atoms with E-state index in [0.29, 0.717) is 25.2 Å². The minimum absolute atomic E-state index is 0.175. The first-order valence-corrected chi connectivity index (χ1v) is 5.10. The van der Waals surface area contributed by atoms with Crippen molar-refractivity contribution in [1.29, 1.82) is 0 Å². The Morgan fingerprint density at radius 1 is 1.64 bits per heavy atom. The van der Waals surface area contributed by atoms with Gasteiger partial charge in [0, 0.05) is 0 Å². The molecule has 2 unspecified atom stereocenters. The molecule has 0 saturated carbocycles. The Balaban J connectivity index is 2.46. The number of rotatable bonds is 5. The molecule has 1 saturated heterocycles. The highest BCUT2D eigenvalue weighted by atomic mass is 16.5. The predicted molar refractivity (Wildman–Crippen MR) is 53.0 cm³/mol. The highest BCUT2D eigenvalue weighted by Crippen LogP contribution is 2.12. The molecule has 1 rings (SSSR count). The average Bonchev–Trinajstić information content (AvgIpc) is 2.14. The minimum Gasteiger partial charge on any atom is -0.468 e. The number of carbonyl (C=O) groups excluding carboxylic acids is 1. The largest absolute Gasteiger partial charge is 0.468 e. The van der Waals surface area contributed by atoms with Gasteiger partial charge in [-0.25, -0.2) is 0 Å². The van der Waals surface area contributed by atoms with Crippen LogP contribution in [0.15, 0.2) is 0 Å². The molecule has 0 aliphatic carbocycles. The lowest BCUT2D eigenvalue weighted by molar-refractivity contribution is -0.146. The lowest BCUT2D eigenvalue weighted by atomic mass is 9.98. The van der Waals surface area contributed by atoms with E-state index >= 15 is 0 Å². The van der Waals surface area contributed by atoms with Gasteiger partial charge < -0.3 is 9.47 Å². The molecule has 1 aliphatic rings. The fourth-order valence-electron chi connectivity index (χ4n) is 1.41. The number of esters is 1. The number of hydrogen-bond acceptors (Lipinski definition) is 4. The van der Waals surface area contributed by atoms with E-state index in [-0.39, 0.29) is 12.0 Å². The maximum atomic E-state index is 11.5. The molecule has 0 aromatic rings. The minimum atomic E-state index is -0.195. The zero-order valence-electron chi connectivity index (χ0n) is 9.08. The lowest BCUT2D eigenvalue weighted by Gasteiger charge is -2.32. The van der Waals surface area contributed by atoms with Gasteiger partial charge in [0.15, 0.2) is 0 Å². The van der Waals surface area contributed by atoms with Crippen LogP contribution in [0, 0.1) is 5.92 Å². The van der Waals surface area contributed by atoms with Crippen molar-refractivity contribution in [3.05, 3.63) is 0 Å². The first-order valence-electron chi connectivity index (χ1n) is 5.10. The average molecular weight is 201 g/mol. The Morgan fingerprint density at radius 2 is 2.29 bits per heavy atom. The molecule has 2 atom stereocenters. The molecule has 0 aromatic heterocycles.